The lowest BCUT2D eigenvalue weighted by Crippen LogP contribution is -2.06. The van der Waals surface area contributed by atoms with Crippen LogP contribution in [0.15, 0.2) is 41.0 Å². The first-order valence-electron chi connectivity index (χ1n) is 5.60. The van der Waals surface area contributed by atoms with Gasteiger partial charge in [0.1, 0.15) is 5.75 Å². The molecule has 0 fully saturated rings. The van der Waals surface area contributed by atoms with Gasteiger partial charge in [0, 0.05) is 19.7 Å². The van der Waals surface area contributed by atoms with E-state index in [4.69, 9.17) is 4.74 Å². The maximum Gasteiger partial charge on any atom is 0.176 e. The van der Waals surface area contributed by atoms with Gasteiger partial charge in [0.2, 0.25) is 0 Å². The number of carbonyl (C=O) groups excluding carboxylic acids is 1. The molecule has 0 saturated carbocycles. The van der Waals surface area contributed by atoms with E-state index in [1.165, 1.54) is 0 Å². The third-order valence-corrected chi connectivity index (χ3v) is 3.38. The van der Waals surface area contributed by atoms with E-state index in [0.717, 1.165) is 21.5 Å². The zero-order chi connectivity index (χ0) is 13.1. The number of hydrogen-bond acceptors (Lipinski definition) is 2. The van der Waals surface area contributed by atoms with Crippen molar-refractivity contribution < 1.29 is 9.53 Å². The third kappa shape index (κ3) is 2.64. The normalized spacial score (nSPS) is 10.4. The zero-order valence-corrected chi connectivity index (χ0v) is 11.9. The van der Waals surface area contributed by atoms with Crippen molar-refractivity contribution in [2.75, 3.05) is 7.11 Å². The third-order valence-electron chi connectivity index (χ3n) is 2.76. The topological polar surface area (TPSA) is 31.2 Å². The number of ether oxygens (including phenoxy) is 1. The molecule has 0 radical (unpaired) electrons. The molecule has 2 rings (SSSR count). The van der Waals surface area contributed by atoms with Gasteiger partial charge in [-0.3, -0.25) is 4.79 Å². The highest BCUT2D eigenvalue weighted by atomic mass is 79.9. The summed E-state index contributed by atoms with van der Waals surface area (Å²) < 4.78 is 8.05. The molecule has 0 saturated heterocycles. The van der Waals surface area contributed by atoms with Gasteiger partial charge in [-0.2, -0.15) is 0 Å². The molecule has 1 heterocycles. The SMILES string of the molecule is COc1ccc(Cn2cccc2C(C)=O)cc1Br. The second-order valence-electron chi connectivity index (χ2n) is 4.05. The highest BCUT2D eigenvalue weighted by Gasteiger charge is 2.07. The molecule has 0 bridgehead atoms. The maximum absolute atomic E-state index is 11.4. The van der Waals surface area contributed by atoms with Gasteiger partial charge in [-0.25, -0.2) is 0 Å². The smallest absolute Gasteiger partial charge is 0.176 e. The van der Waals surface area contributed by atoms with Crippen molar-refractivity contribution in [3.05, 3.63) is 52.3 Å². The predicted octanol–water partition coefficient (Wildman–Crippen LogP) is 3.51. The number of aromatic nitrogens is 1. The van der Waals surface area contributed by atoms with Crippen LogP contribution in [-0.2, 0) is 6.54 Å². The summed E-state index contributed by atoms with van der Waals surface area (Å²) in [6, 6.07) is 9.63. The molecule has 3 nitrogen and oxygen atoms in total. The van der Waals surface area contributed by atoms with E-state index in [2.05, 4.69) is 15.9 Å². The average molecular weight is 308 g/mol. The number of Topliss-reactive ketones (excluding diaryl/α,β-unsaturated/α-hetero) is 1. The van der Waals surface area contributed by atoms with E-state index in [-0.39, 0.29) is 5.78 Å². The fourth-order valence-electron chi connectivity index (χ4n) is 1.88. The molecule has 0 aliphatic carbocycles. The first kappa shape index (κ1) is 12.9. The molecule has 94 valence electrons. The van der Waals surface area contributed by atoms with Crippen LogP contribution in [0, 0.1) is 0 Å². The Morgan fingerprint density at radius 3 is 2.78 bits per heavy atom. The first-order valence-corrected chi connectivity index (χ1v) is 6.39. The van der Waals surface area contributed by atoms with Crippen molar-refractivity contribution >= 4 is 21.7 Å². The Hall–Kier alpha value is -1.55. The molecule has 0 spiro atoms. The van der Waals surface area contributed by atoms with Crippen LogP contribution in [0.5, 0.6) is 5.75 Å². The Kier molecular flexibility index (Phi) is 3.87. The summed E-state index contributed by atoms with van der Waals surface area (Å²) in [4.78, 5) is 11.4. The molecule has 0 N–H and O–H groups in total. The van der Waals surface area contributed by atoms with Crippen LogP contribution in [0.25, 0.3) is 0 Å². The van der Waals surface area contributed by atoms with Gasteiger partial charge >= 0.3 is 0 Å². The van der Waals surface area contributed by atoms with Crippen LogP contribution in [0.3, 0.4) is 0 Å². The summed E-state index contributed by atoms with van der Waals surface area (Å²) in [5.41, 5.74) is 1.84. The lowest BCUT2D eigenvalue weighted by atomic mass is 10.2. The molecule has 0 unspecified atom stereocenters. The summed E-state index contributed by atoms with van der Waals surface area (Å²) in [5, 5.41) is 0. The fraction of sp³-hybridized carbons (Fsp3) is 0.214. The molecule has 2 aromatic rings. The molecule has 0 aliphatic heterocycles. The van der Waals surface area contributed by atoms with Crippen molar-refractivity contribution in [3.8, 4) is 5.75 Å². The number of ketones is 1. The molecule has 4 heteroatoms. The number of rotatable bonds is 4. The lowest BCUT2D eigenvalue weighted by molar-refractivity contribution is 0.100. The molecule has 1 aromatic carbocycles. The number of carbonyl (C=O) groups is 1. The van der Waals surface area contributed by atoms with Crippen LogP contribution in [0.2, 0.25) is 0 Å². The number of hydrogen-bond donors (Lipinski definition) is 0. The van der Waals surface area contributed by atoms with E-state index >= 15 is 0 Å². The molecular formula is C14H14BrNO2. The zero-order valence-electron chi connectivity index (χ0n) is 10.3. The van der Waals surface area contributed by atoms with E-state index in [1.807, 2.05) is 41.1 Å². The lowest BCUT2D eigenvalue weighted by Gasteiger charge is -2.09. The van der Waals surface area contributed by atoms with Gasteiger partial charge < -0.3 is 9.30 Å². The minimum atomic E-state index is 0.0765. The summed E-state index contributed by atoms with van der Waals surface area (Å²) in [7, 11) is 1.64. The van der Waals surface area contributed by atoms with E-state index < -0.39 is 0 Å². The van der Waals surface area contributed by atoms with Gasteiger partial charge in [0.05, 0.1) is 17.3 Å². The summed E-state index contributed by atoms with van der Waals surface area (Å²) in [6.45, 7) is 2.25. The molecule has 0 atom stereocenters. The summed E-state index contributed by atoms with van der Waals surface area (Å²) >= 11 is 3.46. The average Bonchev–Trinajstić information content (AvgIpc) is 2.77. The van der Waals surface area contributed by atoms with Gasteiger partial charge in [0.15, 0.2) is 5.78 Å². The molecular weight excluding hydrogens is 294 g/mol. The van der Waals surface area contributed by atoms with Gasteiger partial charge in [0.25, 0.3) is 0 Å². The Balaban J connectivity index is 2.26. The second kappa shape index (κ2) is 5.40. The van der Waals surface area contributed by atoms with Gasteiger partial charge in [-0.1, -0.05) is 6.07 Å². The monoisotopic (exact) mass is 307 g/mol. The van der Waals surface area contributed by atoms with Crippen molar-refractivity contribution in [2.24, 2.45) is 0 Å². The second-order valence-corrected chi connectivity index (χ2v) is 4.90. The minimum absolute atomic E-state index is 0.0765. The molecule has 0 amide bonds. The van der Waals surface area contributed by atoms with E-state index in [1.54, 1.807) is 14.0 Å². The van der Waals surface area contributed by atoms with Gasteiger partial charge in [-0.05, 0) is 45.8 Å². The predicted molar refractivity (Wildman–Crippen MR) is 74.2 cm³/mol. The summed E-state index contributed by atoms with van der Waals surface area (Å²) in [5.74, 6) is 0.880. The first-order chi connectivity index (χ1) is 8.61. The quantitative estimate of drug-likeness (QED) is 0.809. The minimum Gasteiger partial charge on any atom is -0.496 e. The number of methoxy groups -OCH3 is 1. The van der Waals surface area contributed by atoms with E-state index in [9.17, 15) is 4.79 Å². The van der Waals surface area contributed by atoms with Crippen LogP contribution < -0.4 is 4.74 Å². The van der Waals surface area contributed by atoms with Crippen molar-refractivity contribution in [1.82, 2.24) is 4.57 Å². The fourth-order valence-corrected chi connectivity index (χ4v) is 2.46. The summed E-state index contributed by atoms with van der Waals surface area (Å²) in [6.07, 6.45) is 1.91. The van der Waals surface area contributed by atoms with Gasteiger partial charge in [-0.15, -0.1) is 0 Å². The van der Waals surface area contributed by atoms with Crippen molar-refractivity contribution in [3.63, 3.8) is 0 Å². The van der Waals surface area contributed by atoms with Crippen molar-refractivity contribution in [2.45, 2.75) is 13.5 Å². The van der Waals surface area contributed by atoms with Crippen LogP contribution >= 0.6 is 15.9 Å². The van der Waals surface area contributed by atoms with Crippen molar-refractivity contribution in [1.29, 1.82) is 0 Å². The Bertz CT molecular complexity index is 575. The highest BCUT2D eigenvalue weighted by Crippen LogP contribution is 2.26. The highest BCUT2D eigenvalue weighted by molar-refractivity contribution is 9.10. The van der Waals surface area contributed by atoms with Crippen LogP contribution in [0.4, 0.5) is 0 Å². The largest absolute Gasteiger partial charge is 0.496 e. The Morgan fingerprint density at radius 1 is 1.39 bits per heavy atom. The van der Waals surface area contributed by atoms with Crippen LogP contribution in [-0.4, -0.2) is 17.5 Å². The Morgan fingerprint density at radius 2 is 2.17 bits per heavy atom. The molecule has 0 aliphatic rings. The number of halogens is 1. The number of nitrogens with zero attached hydrogens (tertiary/aromatic N) is 1. The van der Waals surface area contributed by atoms with Crippen LogP contribution in [0.1, 0.15) is 23.0 Å². The molecule has 18 heavy (non-hydrogen) atoms. The Labute approximate surface area is 115 Å². The standard InChI is InChI=1S/C14H14BrNO2/c1-10(17)13-4-3-7-16(13)9-11-5-6-14(18-2)12(15)8-11/h3-8H,9H2,1-2H3. The van der Waals surface area contributed by atoms with E-state index in [0.29, 0.717) is 6.54 Å². The number of benzene rings is 1. The molecule has 1 aromatic heterocycles. The maximum atomic E-state index is 11.4.